The Morgan fingerprint density at radius 2 is 1.94 bits per heavy atom. The average Bonchev–Trinajstić information content (AvgIpc) is 2.69. The topological polar surface area (TPSA) is 74.7 Å². The molecule has 1 heterocycles. The van der Waals surface area contributed by atoms with Crippen LogP contribution in [0.4, 0.5) is 11.5 Å². The van der Waals surface area contributed by atoms with Crippen LogP contribution in [-0.4, -0.2) is 11.5 Å². The van der Waals surface area contributed by atoms with Crippen LogP contribution in [0.1, 0.15) is 33.4 Å². The molecule has 3 N–H and O–H groups in total. The van der Waals surface area contributed by atoms with Gasteiger partial charge in [0.15, 0.2) is 5.69 Å². The molecule has 0 saturated heterocycles. The molecule has 1 aliphatic carbocycles. The minimum absolute atomic E-state index is 0.286. The summed E-state index contributed by atoms with van der Waals surface area (Å²) in [7, 11) is 0. The minimum Gasteiger partial charge on any atom is -0.396 e. The molecule has 1 fully saturated rings. The maximum absolute atomic E-state index is 8.88. The lowest BCUT2D eigenvalue weighted by Gasteiger charge is -2.07. The fourth-order valence-electron chi connectivity index (χ4n) is 2.71. The predicted octanol–water partition coefficient (Wildman–Crippen LogP) is 2.63. The summed E-state index contributed by atoms with van der Waals surface area (Å²) >= 11 is 0. The lowest BCUT2D eigenvalue weighted by molar-refractivity contribution is 0.457. The van der Waals surface area contributed by atoms with E-state index >= 15 is 0 Å². The second-order valence-electron chi connectivity index (χ2n) is 6.12. The quantitative estimate of drug-likeness (QED) is 0.857. The van der Waals surface area contributed by atoms with Crippen LogP contribution < -0.4 is 11.1 Å². The molecule has 1 aromatic rings. The number of aromatic nitrogens is 1. The number of anilines is 2. The van der Waals surface area contributed by atoms with Gasteiger partial charge in [-0.05, 0) is 28.9 Å². The van der Waals surface area contributed by atoms with E-state index in [2.05, 4.69) is 38.0 Å². The van der Waals surface area contributed by atoms with Gasteiger partial charge in [0.25, 0.3) is 0 Å². The Morgan fingerprint density at radius 3 is 2.44 bits per heavy atom. The number of hydrogen-bond donors (Lipinski definition) is 2. The van der Waals surface area contributed by atoms with E-state index in [9.17, 15) is 0 Å². The third kappa shape index (κ3) is 1.80. The molecule has 18 heavy (non-hydrogen) atoms. The second-order valence-corrected chi connectivity index (χ2v) is 6.12. The van der Waals surface area contributed by atoms with E-state index in [1.54, 1.807) is 6.07 Å². The SMILES string of the molecule is CC1(C)C(CNc2ccc(N)c(C#N)n2)C1(C)C. The van der Waals surface area contributed by atoms with Crippen LogP contribution in [0.25, 0.3) is 0 Å². The van der Waals surface area contributed by atoms with Gasteiger partial charge in [0.2, 0.25) is 0 Å². The lowest BCUT2D eigenvalue weighted by atomic mass is 10.0. The van der Waals surface area contributed by atoms with Crippen LogP contribution in [0.15, 0.2) is 12.1 Å². The van der Waals surface area contributed by atoms with Gasteiger partial charge in [-0.1, -0.05) is 27.7 Å². The second kappa shape index (κ2) is 3.88. The van der Waals surface area contributed by atoms with E-state index in [1.807, 2.05) is 12.1 Å². The molecule has 0 spiro atoms. The maximum atomic E-state index is 8.88. The number of nitrogens with two attached hydrogens (primary N) is 1. The van der Waals surface area contributed by atoms with Gasteiger partial charge in [-0.3, -0.25) is 0 Å². The average molecular weight is 244 g/mol. The standard InChI is InChI=1S/C14H20N4/c1-13(2)11(14(13,3)4)8-17-12-6-5-9(16)10(7-15)18-12/h5-6,11H,8,16H2,1-4H3,(H,17,18). The first kappa shape index (κ1) is 12.7. The fourth-order valence-corrected chi connectivity index (χ4v) is 2.71. The zero-order valence-corrected chi connectivity index (χ0v) is 11.4. The van der Waals surface area contributed by atoms with Crippen molar-refractivity contribution in [1.82, 2.24) is 4.98 Å². The van der Waals surface area contributed by atoms with Gasteiger partial charge in [0.1, 0.15) is 11.9 Å². The Bertz CT molecular complexity index is 497. The van der Waals surface area contributed by atoms with Gasteiger partial charge in [-0.15, -0.1) is 0 Å². The Balaban J connectivity index is 2.03. The van der Waals surface area contributed by atoms with E-state index in [0.29, 0.717) is 22.4 Å². The minimum atomic E-state index is 0.286. The number of rotatable bonds is 3. The highest BCUT2D eigenvalue weighted by molar-refractivity contribution is 5.54. The van der Waals surface area contributed by atoms with Crippen molar-refractivity contribution in [3.8, 4) is 6.07 Å². The summed E-state index contributed by atoms with van der Waals surface area (Å²) < 4.78 is 0. The van der Waals surface area contributed by atoms with Crippen molar-refractivity contribution in [1.29, 1.82) is 5.26 Å². The van der Waals surface area contributed by atoms with E-state index in [1.165, 1.54) is 0 Å². The van der Waals surface area contributed by atoms with E-state index in [0.717, 1.165) is 12.4 Å². The van der Waals surface area contributed by atoms with Crippen molar-refractivity contribution < 1.29 is 0 Å². The molecule has 0 aromatic carbocycles. The van der Waals surface area contributed by atoms with Crippen molar-refractivity contribution in [3.63, 3.8) is 0 Å². The summed E-state index contributed by atoms with van der Waals surface area (Å²) in [6.45, 7) is 10.0. The number of pyridine rings is 1. The summed E-state index contributed by atoms with van der Waals surface area (Å²) in [6, 6.07) is 5.53. The van der Waals surface area contributed by atoms with Gasteiger partial charge < -0.3 is 11.1 Å². The molecule has 1 aromatic heterocycles. The molecule has 2 rings (SSSR count). The van der Waals surface area contributed by atoms with Crippen LogP contribution in [-0.2, 0) is 0 Å². The normalized spacial score (nSPS) is 20.2. The summed E-state index contributed by atoms with van der Waals surface area (Å²) in [5, 5.41) is 12.2. The first-order valence-corrected chi connectivity index (χ1v) is 6.21. The highest BCUT2D eigenvalue weighted by Gasteiger charge is 2.64. The first-order chi connectivity index (χ1) is 8.30. The zero-order chi connectivity index (χ0) is 13.6. The van der Waals surface area contributed by atoms with Crippen LogP contribution in [0.5, 0.6) is 0 Å². The molecule has 1 aliphatic rings. The first-order valence-electron chi connectivity index (χ1n) is 6.21. The number of nitrogen functional groups attached to an aromatic ring is 1. The summed E-state index contributed by atoms with van der Waals surface area (Å²) in [5.41, 5.74) is 7.06. The predicted molar refractivity (Wildman–Crippen MR) is 72.9 cm³/mol. The third-order valence-corrected chi connectivity index (χ3v) is 4.84. The molecule has 4 heteroatoms. The maximum Gasteiger partial charge on any atom is 0.165 e. The van der Waals surface area contributed by atoms with E-state index in [4.69, 9.17) is 11.0 Å². The summed E-state index contributed by atoms with van der Waals surface area (Å²) in [4.78, 5) is 4.19. The van der Waals surface area contributed by atoms with Crippen molar-refractivity contribution in [2.75, 3.05) is 17.6 Å². The number of nitriles is 1. The highest BCUT2D eigenvalue weighted by Crippen LogP contribution is 2.68. The zero-order valence-electron chi connectivity index (χ0n) is 11.4. The third-order valence-electron chi connectivity index (χ3n) is 4.84. The molecular weight excluding hydrogens is 224 g/mol. The van der Waals surface area contributed by atoms with Crippen LogP contribution in [0.2, 0.25) is 0 Å². The van der Waals surface area contributed by atoms with Gasteiger partial charge in [0.05, 0.1) is 5.69 Å². The van der Waals surface area contributed by atoms with Gasteiger partial charge in [-0.2, -0.15) is 5.26 Å². The van der Waals surface area contributed by atoms with Crippen molar-refractivity contribution in [3.05, 3.63) is 17.8 Å². The Morgan fingerprint density at radius 1 is 1.33 bits per heavy atom. The van der Waals surface area contributed by atoms with Crippen LogP contribution >= 0.6 is 0 Å². The summed E-state index contributed by atoms with van der Waals surface area (Å²) in [6.07, 6.45) is 0. The number of hydrogen-bond acceptors (Lipinski definition) is 4. The molecule has 0 unspecified atom stereocenters. The number of nitrogens with one attached hydrogen (secondary N) is 1. The molecular formula is C14H20N4. The summed E-state index contributed by atoms with van der Waals surface area (Å²) in [5.74, 6) is 1.34. The molecule has 1 saturated carbocycles. The number of nitrogens with zero attached hydrogens (tertiary/aromatic N) is 2. The lowest BCUT2D eigenvalue weighted by Crippen LogP contribution is -2.10. The molecule has 0 bridgehead atoms. The van der Waals surface area contributed by atoms with E-state index < -0.39 is 0 Å². The molecule has 0 aliphatic heterocycles. The molecule has 0 radical (unpaired) electrons. The van der Waals surface area contributed by atoms with Gasteiger partial charge >= 0.3 is 0 Å². The van der Waals surface area contributed by atoms with Crippen LogP contribution in [0.3, 0.4) is 0 Å². The van der Waals surface area contributed by atoms with Crippen LogP contribution in [0, 0.1) is 28.1 Å². The smallest absolute Gasteiger partial charge is 0.165 e. The monoisotopic (exact) mass is 244 g/mol. The van der Waals surface area contributed by atoms with E-state index in [-0.39, 0.29) is 5.69 Å². The Kier molecular flexibility index (Phi) is 2.73. The molecule has 96 valence electrons. The highest BCUT2D eigenvalue weighted by atomic mass is 15.0. The fraction of sp³-hybridized carbons (Fsp3) is 0.571. The van der Waals surface area contributed by atoms with Crippen molar-refractivity contribution in [2.45, 2.75) is 27.7 Å². The van der Waals surface area contributed by atoms with Crippen molar-refractivity contribution >= 4 is 11.5 Å². The largest absolute Gasteiger partial charge is 0.396 e. The molecule has 0 amide bonds. The van der Waals surface area contributed by atoms with Gasteiger partial charge in [-0.25, -0.2) is 4.98 Å². The Labute approximate surface area is 108 Å². The van der Waals surface area contributed by atoms with Gasteiger partial charge in [0, 0.05) is 6.54 Å². The molecule has 4 nitrogen and oxygen atoms in total. The molecule has 0 atom stereocenters. The Hall–Kier alpha value is -1.76. The van der Waals surface area contributed by atoms with Crippen molar-refractivity contribution in [2.24, 2.45) is 16.7 Å².